The fourth-order valence-corrected chi connectivity index (χ4v) is 1.68. The molecule has 0 unspecified atom stereocenters. The van der Waals surface area contributed by atoms with Crippen molar-refractivity contribution in [2.75, 3.05) is 13.1 Å². The Kier molecular flexibility index (Phi) is 22.1. The zero-order valence-electron chi connectivity index (χ0n) is 14.7. The Bertz CT molecular complexity index is 426. The SMILES string of the molecule is CCN(CC)C(=S)S.O=S(=O)(O)C(F)(F)F.[CH]1[CH][CH][CH][CH]1.[CH]1[CH][CH][CH][CH]1.[V+4]. The van der Waals surface area contributed by atoms with Crippen molar-refractivity contribution in [3.05, 3.63) is 64.2 Å². The molecule has 0 aliphatic heterocycles. The molecule has 2 rings (SSSR count). The summed E-state index contributed by atoms with van der Waals surface area (Å²) in [5.41, 5.74) is -5.53. The molecule has 2 fully saturated rings. The summed E-state index contributed by atoms with van der Waals surface area (Å²) in [5.74, 6) is 0. The third-order valence-electron chi connectivity index (χ3n) is 2.44. The van der Waals surface area contributed by atoms with E-state index in [0.29, 0.717) is 4.32 Å². The van der Waals surface area contributed by atoms with E-state index in [1.807, 2.05) is 69.1 Å². The van der Waals surface area contributed by atoms with Crippen LogP contribution in [0.2, 0.25) is 0 Å². The second kappa shape index (κ2) is 18.5. The second-order valence-electron chi connectivity index (χ2n) is 4.30. The monoisotopic (exact) mass is 480 g/mol. The summed E-state index contributed by atoms with van der Waals surface area (Å²) in [4.78, 5) is 2.01. The van der Waals surface area contributed by atoms with Crippen LogP contribution in [0.4, 0.5) is 13.2 Å². The maximum atomic E-state index is 10.7. The van der Waals surface area contributed by atoms with Gasteiger partial charge in [0.25, 0.3) is 0 Å². The average Bonchev–Trinajstić information content (AvgIpc) is 3.26. The standard InChI is InChI=1S/C5H11NS2.2C5H5.CHF3O3S.V/c1-3-6(4-2)5(7)8;2*1-2-4-5-3-1;2-1(3,4)8(5,6)7;/h3-4H2,1-2H3,(H,7,8);2*1-5H;(H,5,6,7);/q;;;;+4. The van der Waals surface area contributed by atoms with Gasteiger partial charge in [0.15, 0.2) is 0 Å². The van der Waals surface area contributed by atoms with E-state index < -0.39 is 15.6 Å². The molecule has 11 heteroatoms. The van der Waals surface area contributed by atoms with Crippen LogP contribution in [0.15, 0.2) is 0 Å². The molecule has 0 spiro atoms. The maximum Gasteiger partial charge on any atom is 4.00 e. The first-order chi connectivity index (χ1) is 12.0. The van der Waals surface area contributed by atoms with Gasteiger partial charge in [0.1, 0.15) is 4.32 Å². The molecule has 0 aromatic heterocycles. The molecule has 4 nitrogen and oxygen atoms in total. The van der Waals surface area contributed by atoms with Gasteiger partial charge in [-0.1, -0.05) is 12.2 Å². The molecule has 1 N–H and O–H groups in total. The van der Waals surface area contributed by atoms with Crippen molar-refractivity contribution in [1.82, 2.24) is 4.90 Å². The molecule has 149 valence electrons. The van der Waals surface area contributed by atoms with Crippen molar-refractivity contribution in [2.24, 2.45) is 0 Å². The molecule has 0 bridgehead atoms. The largest absolute Gasteiger partial charge is 4.00 e. The molecule has 2 aliphatic carbocycles. The van der Waals surface area contributed by atoms with Gasteiger partial charge in [-0.3, -0.25) is 4.55 Å². The van der Waals surface area contributed by atoms with Crippen LogP contribution in [0.1, 0.15) is 13.8 Å². The Morgan fingerprint density at radius 1 is 0.926 bits per heavy atom. The molecule has 0 amide bonds. The summed E-state index contributed by atoms with van der Waals surface area (Å²) in [6, 6.07) is 0. The van der Waals surface area contributed by atoms with Gasteiger partial charge in [0.2, 0.25) is 0 Å². The minimum absolute atomic E-state index is 0. The molecule has 2 aliphatic rings. The van der Waals surface area contributed by atoms with E-state index in [-0.39, 0.29) is 18.6 Å². The maximum absolute atomic E-state index is 10.7. The van der Waals surface area contributed by atoms with E-state index in [2.05, 4.69) is 26.5 Å². The van der Waals surface area contributed by atoms with Crippen LogP contribution < -0.4 is 0 Å². The van der Waals surface area contributed by atoms with Crippen LogP contribution >= 0.6 is 24.8 Å². The number of hydrogen-bond acceptors (Lipinski definition) is 3. The van der Waals surface area contributed by atoms with E-state index in [4.69, 9.17) is 25.2 Å². The molecular formula is C16H22F3NO3S3V+4. The van der Waals surface area contributed by atoms with Crippen LogP contribution in [0.5, 0.6) is 0 Å². The van der Waals surface area contributed by atoms with Crippen molar-refractivity contribution >= 4 is 39.3 Å². The summed E-state index contributed by atoms with van der Waals surface area (Å²) in [7, 11) is -5.84. The van der Waals surface area contributed by atoms with E-state index in [9.17, 15) is 13.2 Å². The van der Waals surface area contributed by atoms with E-state index >= 15 is 0 Å². The fourth-order valence-electron chi connectivity index (χ4n) is 1.14. The molecule has 0 atom stereocenters. The normalized spacial score (nSPS) is 15.7. The number of hydrogen-bond donors (Lipinski definition) is 2. The predicted octanol–water partition coefficient (Wildman–Crippen LogP) is 3.98. The molecule has 27 heavy (non-hydrogen) atoms. The number of nitrogens with zero attached hydrogens (tertiary/aromatic N) is 1. The Balaban J connectivity index is -0.000000286. The van der Waals surface area contributed by atoms with Gasteiger partial charge in [-0.05, 0) is 78.1 Å². The average molecular weight is 480 g/mol. The van der Waals surface area contributed by atoms with Gasteiger partial charge in [0, 0.05) is 13.1 Å². The summed E-state index contributed by atoms with van der Waals surface area (Å²) in [5, 5.41) is 0. The third-order valence-corrected chi connectivity index (χ3v) is 3.56. The first-order valence-corrected chi connectivity index (χ1v) is 9.61. The van der Waals surface area contributed by atoms with Gasteiger partial charge in [-0.2, -0.15) is 21.6 Å². The second-order valence-corrected chi connectivity index (χ2v) is 6.83. The molecule has 0 saturated heterocycles. The molecule has 0 aromatic carbocycles. The van der Waals surface area contributed by atoms with Crippen LogP contribution in [-0.4, -0.2) is 40.8 Å². The number of thiol groups is 1. The minimum Gasteiger partial charge on any atom is -0.358 e. The summed E-state index contributed by atoms with van der Waals surface area (Å²) < 4.78 is 58.2. The predicted molar refractivity (Wildman–Crippen MR) is 105 cm³/mol. The smallest absolute Gasteiger partial charge is 0.358 e. The zero-order chi connectivity index (χ0) is 20.6. The van der Waals surface area contributed by atoms with Crippen molar-refractivity contribution in [1.29, 1.82) is 0 Å². The number of thiocarbonyl (C=S) groups is 1. The third kappa shape index (κ3) is 21.1. The van der Waals surface area contributed by atoms with Gasteiger partial charge >= 0.3 is 34.2 Å². The summed E-state index contributed by atoms with van der Waals surface area (Å²) >= 11 is 8.82. The Hall–Kier alpha value is 0.524. The van der Waals surface area contributed by atoms with Crippen LogP contribution in [0.3, 0.4) is 0 Å². The van der Waals surface area contributed by atoms with E-state index in [0.717, 1.165) is 13.1 Å². The van der Waals surface area contributed by atoms with Crippen LogP contribution in [0.25, 0.3) is 0 Å². The first-order valence-electron chi connectivity index (χ1n) is 7.32. The number of rotatable bonds is 2. The van der Waals surface area contributed by atoms with Crippen molar-refractivity contribution in [3.63, 3.8) is 0 Å². The van der Waals surface area contributed by atoms with Crippen molar-refractivity contribution in [2.45, 2.75) is 19.4 Å². The minimum atomic E-state index is -5.84. The molecule has 0 aromatic rings. The van der Waals surface area contributed by atoms with E-state index in [1.165, 1.54) is 0 Å². The van der Waals surface area contributed by atoms with Crippen LogP contribution in [-0.2, 0) is 28.7 Å². The molecule has 2 saturated carbocycles. The molecular weight excluding hydrogens is 458 g/mol. The van der Waals surface area contributed by atoms with Gasteiger partial charge < -0.3 is 4.90 Å². The number of halogens is 3. The topological polar surface area (TPSA) is 57.6 Å². The van der Waals surface area contributed by atoms with Crippen molar-refractivity contribution < 1.29 is 44.7 Å². The van der Waals surface area contributed by atoms with Crippen LogP contribution in [0, 0.1) is 64.2 Å². The Morgan fingerprint density at radius 2 is 1.11 bits per heavy atom. The number of alkyl halides is 3. The fraction of sp³-hybridized carbons (Fsp3) is 0.312. The Labute approximate surface area is 185 Å². The van der Waals surface area contributed by atoms with Gasteiger partial charge in [-0.25, -0.2) is 0 Å². The van der Waals surface area contributed by atoms with Gasteiger partial charge in [-0.15, -0.1) is 12.6 Å². The van der Waals surface area contributed by atoms with Crippen molar-refractivity contribution in [3.8, 4) is 0 Å². The van der Waals surface area contributed by atoms with Gasteiger partial charge in [0.05, 0.1) is 0 Å². The zero-order valence-corrected chi connectivity index (χ0v) is 18.7. The molecule has 11 radical (unpaired) electrons. The quantitative estimate of drug-likeness (QED) is 0.271. The Morgan fingerprint density at radius 3 is 1.15 bits per heavy atom. The van der Waals surface area contributed by atoms with E-state index in [1.54, 1.807) is 0 Å². The first kappa shape index (κ1) is 32.2. The summed E-state index contributed by atoms with van der Waals surface area (Å²) in [6.07, 6.45) is 20.0. The molecule has 0 heterocycles. The summed E-state index contributed by atoms with van der Waals surface area (Å²) in [6.45, 7) is 6.04.